The summed E-state index contributed by atoms with van der Waals surface area (Å²) in [6, 6.07) is 15.1. The number of likely N-dealkylation sites (N-methyl/N-ethyl adjacent to an activating group) is 1. The lowest BCUT2D eigenvalue weighted by Crippen LogP contribution is -2.36. The molecule has 0 unspecified atom stereocenters. The van der Waals surface area contributed by atoms with Crippen molar-refractivity contribution in [2.24, 2.45) is 0 Å². The molecule has 2 amide bonds. The van der Waals surface area contributed by atoms with Gasteiger partial charge in [0.2, 0.25) is 11.8 Å². The normalized spacial score (nSPS) is 13.8. The van der Waals surface area contributed by atoms with Crippen LogP contribution in [0.5, 0.6) is 5.75 Å². The number of piperidine rings is 1. The molecule has 7 nitrogen and oxygen atoms in total. The fourth-order valence-corrected chi connectivity index (χ4v) is 3.53. The van der Waals surface area contributed by atoms with Crippen molar-refractivity contribution in [2.45, 2.75) is 19.3 Å². The first-order valence-corrected chi connectivity index (χ1v) is 10.3. The Bertz CT molecular complexity index is 831. The summed E-state index contributed by atoms with van der Waals surface area (Å²) in [5.41, 5.74) is 2.64. The van der Waals surface area contributed by atoms with Crippen molar-refractivity contribution in [3.63, 3.8) is 0 Å². The van der Waals surface area contributed by atoms with E-state index in [4.69, 9.17) is 4.74 Å². The molecule has 160 valence electrons. The molecule has 1 saturated heterocycles. The number of amides is 2. The number of benzene rings is 2. The van der Waals surface area contributed by atoms with E-state index in [1.807, 2.05) is 24.3 Å². The Morgan fingerprint density at radius 2 is 1.37 bits per heavy atom. The van der Waals surface area contributed by atoms with Crippen molar-refractivity contribution in [2.75, 3.05) is 55.9 Å². The minimum atomic E-state index is -0.179. The topological polar surface area (TPSA) is 73.9 Å². The lowest BCUT2D eigenvalue weighted by atomic mass is 10.1. The maximum atomic E-state index is 12.3. The van der Waals surface area contributed by atoms with Gasteiger partial charge in [0.05, 0.1) is 20.2 Å². The predicted molar refractivity (Wildman–Crippen MR) is 120 cm³/mol. The fourth-order valence-electron chi connectivity index (χ4n) is 3.53. The van der Waals surface area contributed by atoms with Gasteiger partial charge in [-0.15, -0.1) is 0 Å². The van der Waals surface area contributed by atoms with E-state index in [0.717, 1.165) is 24.5 Å². The number of nitrogens with zero attached hydrogens (tertiary/aromatic N) is 2. The number of nitrogens with one attached hydrogen (secondary N) is 2. The first-order chi connectivity index (χ1) is 14.5. The SMILES string of the molecule is COc1ccc(NC(=O)CN(C)CC(=O)Nc2ccc(N3CCCCC3)cc2)cc1. The lowest BCUT2D eigenvalue weighted by Gasteiger charge is -2.28. The number of carbonyl (C=O) groups excluding carboxylic acids is 2. The van der Waals surface area contributed by atoms with Crippen LogP contribution in [-0.2, 0) is 9.59 Å². The van der Waals surface area contributed by atoms with Crippen molar-refractivity contribution in [1.29, 1.82) is 0 Å². The van der Waals surface area contributed by atoms with Gasteiger partial charge in [-0.2, -0.15) is 0 Å². The third-order valence-electron chi connectivity index (χ3n) is 5.07. The molecular formula is C23H30N4O3. The third kappa shape index (κ3) is 6.49. The molecule has 2 aromatic rings. The van der Waals surface area contributed by atoms with Crippen molar-refractivity contribution in [1.82, 2.24) is 4.90 Å². The summed E-state index contributed by atoms with van der Waals surface area (Å²) in [6.07, 6.45) is 3.77. The van der Waals surface area contributed by atoms with Gasteiger partial charge in [-0.1, -0.05) is 0 Å². The summed E-state index contributed by atoms with van der Waals surface area (Å²) >= 11 is 0. The minimum Gasteiger partial charge on any atom is -0.497 e. The van der Waals surface area contributed by atoms with E-state index in [1.54, 1.807) is 43.3 Å². The molecule has 1 heterocycles. The molecule has 0 atom stereocenters. The number of hydrogen-bond donors (Lipinski definition) is 2. The van der Waals surface area contributed by atoms with E-state index in [0.29, 0.717) is 5.69 Å². The van der Waals surface area contributed by atoms with Gasteiger partial charge in [0, 0.05) is 30.2 Å². The van der Waals surface area contributed by atoms with Crippen LogP contribution in [0.25, 0.3) is 0 Å². The Morgan fingerprint density at radius 3 is 1.87 bits per heavy atom. The van der Waals surface area contributed by atoms with Crippen LogP contribution in [0.4, 0.5) is 17.1 Å². The molecule has 3 rings (SSSR count). The summed E-state index contributed by atoms with van der Waals surface area (Å²) in [6.45, 7) is 2.43. The molecule has 2 aromatic carbocycles. The highest BCUT2D eigenvalue weighted by molar-refractivity contribution is 5.94. The van der Waals surface area contributed by atoms with Gasteiger partial charge in [-0.3, -0.25) is 14.5 Å². The Labute approximate surface area is 178 Å². The zero-order valence-corrected chi connectivity index (χ0v) is 17.7. The van der Waals surface area contributed by atoms with Gasteiger partial charge in [0.25, 0.3) is 0 Å². The Balaban J connectivity index is 1.42. The maximum absolute atomic E-state index is 12.3. The molecule has 30 heavy (non-hydrogen) atoms. The van der Waals surface area contributed by atoms with E-state index in [2.05, 4.69) is 15.5 Å². The molecule has 7 heteroatoms. The minimum absolute atomic E-state index is 0.118. The molecule has 1 aliphatic rings. The average molecular weight is 411 g/mol. The number of methoxy groups -OCH3 is 1. The third-order valence-corrected chi connectivity index (χ3v) is 5.07. The van der Waals surface area contributed by atoms with Gasteiger partial charge >= 0.3 is 0 Å². The second kappa shape index (κ2) is 10.6. The number of anilines is 3. The molecule has 1 aliphatic heterocycles. The number of carbonyl (C=O) groups is 2. The Hall–Kier alpha value is -3.06. The Morgan fingerprint density at radius 1 is 0.867 bits per heavy atom. The first kappa shape index (κ1) is 21.6. The number of rotatable bonds is 8. The first-order valence-electron chi connectivity index (χ1n) is 10.3. The molecule has 2 N–H and O–H groups in total. The van der Waals surface area contributed by atoms with Gasteiger partial charge < -0.3 is 20.3 Å². The second-order valence-corrected chi connectivity index (χ2v) is 7.59. The van der Waals surface area contributed by atoms with Crippen molar-refractivity contribution in [3.8, 4) is 5.75 Å². The van der Waals surface area contributed by atoms with Crippen LogP contribution >= 0.6 is 0 Å². The van der Waals surface area contributed by atoms with Gasteiger partial charge in [-0.05, 0) is 74.8 Å². The lowest BCUT2D eigenvalue weighted by molar-refractivity contribution is -0.119. The summed E-state index contributed by atoms with van der Waals surface area (Å²) in [7, 11) is 3.34. The van der Waals surface area contributed by atoms with E-state index in [1.165, 1.54) is 24.9 Å². The standard InChI is InChI=1S/C23H30N4O3/c1-26(17-23(29)25-19-8-12-21(30-2)13-9-19)16-22(28)24-18-6-10-20(11-7-18)27-14-4-3-5-15-27/h6-13H,3-5,14-17H2,1-2H3,(H,24,28)(H,25,29). The molecule has 1 fully saturated rings. The van der Waals surface area contributed by atoms with Crippen LogP contribution < -0.4 is 20.3 Å². The van der Waals surface area contributed by atoms with Gasteiger partial charge in [0.1, 0.15) is 5.75 Å². The molecule has 0 aliphatic carbocycles. The van der Waals surface area contributed by atoms with E-state index in [9.17, 15) is 9.59 Å². The summed E-state index contributed by atoms with van der Waals surface area (Å²) in [5.74, 6) is 0.396. The monoisotopic (exact) mass is 410 g/mol. The number of hydrogen-bond acceptors (Lipinski definition) is 5. The van der Waals surface area contributed by atoms with Crippen LogP contribution in [-0.4, -0.2) is 57.1 Å². The van der Waals surface area contributed by atoms with Crippen molar-refractivity contribution < 1.29 is 14.3 Å². The van der Waals surface area contributed by atoms with Crippen LogP contribution in [0.1, 0.15) is 19.3 Å². The van der Waals surface area contributed by atoms with Crippen LogP contribution in [0.2, 0.25) is 0 Å². The fraction of sp³-hybridized carbons (Fsp3) is 0.391. The Kier molecular flexibility index (Phi) is 7.68. The van der Waals surface area contributed by atoms with Crippen LogP contribution in [0.3, 0.4) is 0 Å². The summed E-state index contributed by atoms with van der Waals surface area (Å²) in [4.78, 5) is 28.6. The highest BCUT2D eigenvalue weighted by Gasteiger charge is 2.13. The van der Waals surface area contributed by atoms with Crippen molar-refractivity contribution >= 4 is 28.9 Å². The van der Waals surface area contributed by atoms with E-state index < -0.39 is 0 Å². The highest BCUT2D eigenvalue weighted by atomic mass is 16.5. The number of ether oxygens (including phenoxy) is 1. The van der Waals surface area contributed by atoms with Crippen LogP contribution in [0, 0.1) is 0 Å². The summed E-state index contributed by atoms with van der Waals surface area (Å²) < 4.78 is 5.10. The zero-order valence-electron chi connectivity index (χ0n) is 17.7. The van der Waals surface area contributed by atoms with Gasteiger partial charge in [-0.25, -0.2) is 0 Å². The predicted octanol–water partition coefficient (Wildman–Crippen LogP) is 3.19. The van der Waals surface area contributed by atoms with Crippen molar-refractivity contribution in [3.05, 3.63) is 48.5 Å². The summed E-state index contributed by atoms with van der Waals surface area (Å²) in [5, 5.41) is 5.71. The van der Waals surface area contributed by atoms with E-state index in [-0.39, 0.29) is 24.9 Å². The maximum Gasteiger partial charge on any atom is 0.238 e. The molecule has 0 saturated carbocycles. The molecule has 0 radical (unpaired) electrons. The highest BCUT2D eigenvalue weighted by Crippen LogP contribution is 2.21. The zero-order chi connectivity index (χ0) is 21.3. The molecule has 0 bridgehead atoms. The smallest absolute Gasteiger partial charge is 0.238 e. The van der Waals surface area contributed by atoms with E-state index >= 15 is 0 Å². The average Bonchev–Trinajstić information content (AvgIpc) is 2.75. The quantitative estimate of drug-likeness (QED) is 0.699. The molecular weight excluding hydrogens is 380 g/mol. The molecule has 0 spiro atoms. The largest absolute Gasteiger partial charge is 0.497 e. The second-order valence-electron chi connectivity index (χ2n) is 7.59. The van der Waals surface area contributed by atoms with Crippen LogP contribution in [0.15, 0.2) is 48.5 Å². The molecule has 0 aromatic heterocycles. The van der Waals surface area contributed by atoms with Gasteiger partial charge in [0.15, 0.2) is 0 Å².